The lowest BCUT2D eigenvalue weighted by Gasteiger charge is -2.18. The predicted octanol–water partition coefficient (Wildman–Crippen LogP) is 3.26. The molecule has 2 aromatic rings. The highest BCUT2D eigenvalue weighted by atomic mass is 35.5. The first-order chi connectivity index (χ1) is 12.6. The summed E-state index contributed by atoms with van der Waals surface area (Å²) in [6.45, 7) is 6.57. The Morgan fingerprint density at radius 1 is 1.27 bits per heavy atom. The lowest BCUT2D eigenvalue weighted by atomic mass is 10.3. The van der Waals surface area contributed by atoms with Gasteiger partial charge in [-0.3, -0.25) is 4.99 Å². The van der Waals surface area contributed by atoms with Gasteiger partial charge in [-0.15, -0.1) is 0 Å². The van der Waals surface area contributed by atoms with Gasteiger partial charge in [-0.25, -0.2) is 4.98 Å². The van der Waals surface area contributed by atoms with E-state index in [4.69, 9.17) is 16.3 Å². The van der Waals surface area contributed by atoms with Crippen LogP contribution in [0, 0.1) is 6.92 Å². The van der Waals surface area contributed by atoms with Gasteiger partial charge in [0, 0.05) is 37.6 Å². The van der Waals surface area contributed by atoms with E-state index in [0.717, 1.165) is 43.5 Å². The minimum Gasteiger partial charge on any atom is -0.489 e. The lowest BCUT2D eigenvalue weighted by Crippen LogP contribution is -2.42. The summed E-state index contributed by atoms with van der Waals surface area (Å²) in [5, 5.41) is 7.32. The number of unbranched alkanes of at least 4 members (excludes halogenated alkanes) is 1. The molecule has 1 aromatic heterocycles. The third kappa shape index (κ3) is 6.96. The first-order valence-corrected chi connectivity index (χ1v) is 9.30. The van der Waals surface area contributed by atoms with E-state index in [1.165, 1.54) is 0 Å². The molecular weight excluding hydrogens is 350 g/mol. The highest BCUT2D eigenvalue weighted by Gasteiger charge is 2.06. The first-order valence-electron chi connectivity index (χ1n) is 8.93. The van der Waals surface area contributed by atoms with Crippen molar-refractivity contribution in [2.45, 2.75) is 39.3 Å². The zero-order valence-corrected chi connectivity index (χ0v) is 16.5. The molecule has 0 saturated carbocycles. The van der Waals surface area contributed by atoms with Crippen molar-refractivity contribution in [1.29, 1.82) is 0 Å². The van der Waals surface area contributed by atoms with E-state index in [1.54, 1.807) is 7.05 Å². The molecule has 7 heteroatoms. The minimum atomic E-state index is 0.0129. The van der Waals surface area contributed by atoms with Gasteiger partial charge in [-0.05, 0) is 51.0 Å². The van der Waals surface area contributed by atoms with E-state index in [0.29, 0.717) is 11.6 Å². The van der Waals surface area contributed by atoms with Crippen LogP contribution in [0.3, 0.4) is 0 Å². The van der Waals surface area contributed by atoms with Crippen molar-refractivity contribution in [1.82, 2.24) is 20.2 Å². The molecule has 2 N–H and O–H groups in total. The van der Waals surface area contributed by atoms with Crippen molar-refractivity contribution in [3.05, 3.63) is 47.5 Å². The van der Waals surface area contributed by atoms with Crippen molar-refractivity contribution in [3.63, 3.8) is 0 Å². The maximum atomic E-state index is 5.88. The monoisotopic (exact) mass is 377 g/mol. The number of rotatable bonds is 9. The molecule has 0 spiro atoms. The third-order valence-corrected chi connectivity index (χ3v) is 4.23. The molecule has 0 aliphatic rings. The number of aryl methyl sites for hydroxylation is 2. The summed E-state index contributed by atoms with van der Waals surface area (Å²) < 4.78 is 8.02. The minimum absolute atomic E-state index is 0.0129. The number of hydrogen-bond donors (Lipinski definition) is 2. The molecule has 0 amide bonds. The molecule has 0 radical (unpaired) electrons. The predicted molar refractivity (Wildman–Crippen MR) is 107 cm³/mol. The summed E-state index contributed by atoms with van der Waals surface area (Å²) >= 11 is 5.88. The summed E-state index contributed by atoms with van der Waals surface area (Å²) in [4.78, 5) is 8.48. The fourth-order valence-corrected chi connectivity index (χ4v) is 2.63. The first kappa shape index (κ1) is 20.1. The van der Waals surface area contributed by atoms with E-state index in [2.05, 4.69) is 25.2 Å². The molecule has 6 nitrogen and oxygen atoms in total. The molecule has 142 valence electrons. The lowest BCUT2D eigenvalue weighted by molar-refractivity contribution is 0.224. The van der Waals surface area contributed by atoms with Crippen molar-refractivity contribution < 1.29 is 4.74 Å². The molecule has 0 bridgehead atoms. The van der Waals surface area contributed by atoms with Gasteiger partial charge in [0.25, 0.3) is 0 Å². The average molecular weight is 378 g/mol. The topological polar surface area (TPSA) is 63.5 Å². The van der Waals surface area contributed by atoms with E-state index >= 15 is 0 Å². The molecule has 2 rings (SSSR count). The van der Waals surface area contributed by atoms with Gasteiger partial charge in [-0.1, -0.05) is 11.6 Å². The molecule has 26 heavy (non-hydrogen) atoms. The van der Waals surface area contributed by atoms with Gasteiger partial charge >= 0.3 is 0 Å². The number of benzene rings is 1. The van der Waals surface area contributed by atoms with E-state index in [9.17, 15) is 0 Å². The maximum absolute atomic E-state index is 5.88. The maximum Gasteiger partial charge on any atom is 0.191 e. The van der Waals surface area contributed by atoms with E-state index < -0.39 is 0 Å². The zero-order valence-electron chi connectivity index (χ0n) is 15.7. The van der Waals surface area contributed by atoms with Gasteiger partial charge in [0.1, 0.15) is 17.7 Å². The number of nitrogens with zero attached hydrogens (tertiary/aromatic N) is 3. The Bertz CT molecular complexity index is 683. The number of guanidine groups is 1. The van der Waals surface area contributed by atoms with Crippen LogP contribution in [-0.4, -0.2) is 41.8 Å². The Balaban J connectivity index is 1.61. The Morgan fingerprint density at radius 2 is 2.04 bits per heavy atom. The summed E-state index contributed by atoms with van der Waals surface area (Å²) in [5.74, 6) is 2.65. The second-order valence-electron chi connectivity index (χ2n) is 6.14. The molecule has 1 unspecified atom stereocenters. The SMILES string of the molecule is CN=C(NCCCCn1ccnc1C)NCC(C)Oc1ccc(Cl)cc1. The molecule has 1 atom stereocenters. The van der Waals surface area contributed by atoms with Crippen LogP contribution < -0.4 is 15.4 Å². The summed E-state index contributed by atoms with van der Waals surface area (Å²) in [6.07, 6.45) is 6.03. The molecule has 1 aromatic carbocycles. The fourth-order valence-electron chi connectivity index (χ4n) is 2.50. The number of halogens is 1. The summed E-state index contributed by atoms with van der Waals surface area (Å²) in [7, 11) is 1.77. The van der Waals surface area contributed by atoms with Crippen LogP contribution in [0.4, 0.5) is 0 Å². The van der Waals surface area contributed by atoms with Crippen molar-refractivity contribution in [2.75, 3.05) is 20.1 Å². The van der Waals surface area contributed by atoms with Crippen molar-refractivity contribution in [2.24, 2.45) is 4.99 Å². The smallest absolute Gasteiger partial charge is 0.191 e. The Kier molecular flexibility index (Phi) is 8.28. The standard InChI is InChI=1S/C19H28ClN5O/c1-15(26-18-8-6-17(20)7-9-18)14-24-19(21-3)23-10-4-5-12-25-13-11-22-16(25)2/h6-9,11,13,15H,4-5,10,12,14H2,1-3H3,(H2,21,23,24). The Labute approximate surface area is 160 Å². The van der Waals surface area contributed by atoms with Crippen LogP contribution in [0.2, 0.25) is 5.02 Å². The van der Waals surface area contributed by atoms with Crippen molar-refractivity contribution in [3.8, 4) is 5.75 Å². The van der Waals surface area contributed by atoms with Crippen LogP contribution in [-0.2, 0) is 6.54 Å². The number of imidazole rings is 1. The van der Waals surface area contributed by atoms with Crippen LogP contribution in [0.5, 0.6) is 5.75 Å². The zero-order chi connectivity index (χ0) is 18.8. The van der Waals surface area contributed by atoms with Crippen LogP contribution in [0.25, 0.3) is 0 Å². The molecule has 1 heterocycles. The number of nitrogens with one attached hydrogen (secondary N) is 2. The molecule has 0 fully saturated rings. The van der Waals surface area contributed by atoms with E-state index in [1.807, 2.05) is 50.5 Å². The largest absolute Gasteiger partial charge is 0.489 e. The number of hydrogen-bond acceptors (Lipinski definition) is 3. The summed E-state index contributed by atoms with van der Waals surface area (Å²) in [5.41, 5.74) is 0. The normalized spacial score (nSPS) is 12.7. The van der Waals surface area contributed by atoms with Crippen molar-refractivity contribution >= 4 is 17.6 Å². The molecule has 0 saturated heterocycles. The van der Waals surface area contributed by atoms with Crippen LogP contribution in [0.1, 0.15) is 25.6 Å². The van der Waals surface area contributed by atoms with Crippen LogP contribution >= 0.6 is 11.6 Å². The number of aliphatic imine (C=N–C) groups is 1. The third-order valence-electron chi connectivity index (χ3n) is 3.97. The van der Waals surface area contributed by atoms with Gasteiger partial charge in [0.2, 0.25) is 0 Å². The fraction of sp³-hybridized carbons (Fsp3) is 0.474. The quantitative estimate of drug-likeness (QED) is 0.400. The van der Waals surface area contributed by atoms with Crippen LogP contribution in [0.15, 0.2) is 41.7 Å². The number of aromatic nitrogens is 2. The molecule has 0 aliphatic carbocycles. The Hall–Kier alpha value is -2.21. The average Bonchev–Trinajstić information content (AvgIpc) is 3.04. The van der Waals surface area contributed by atoms with Gasteiger partial charge in [0.15, 0.2) is 5.96 Å². The number of ether oxygens (including phenoxy) is 1. The second-order valence-corrected chi connectivity index (χ2v) is 6.57. The van der Waals surface area contributed by atoms with Gasteiger partial charge < -0.3 is 19.9 Å². The molecular formula is C19H28ClN5O. The Morgan fingerprint density at radius 3 is 2.69 bits per heavy atom. The van der Waals surface area contributed by atoms with E-state index in [-0.39, 0.29) is 6.10 Å². The van der Waals surface area contributed by atoms with Gasteiger partial charge in [-0.2, -0.15) is 0 Å². The highest BCUT2D eigenvalue weighted by molar-refractivity contribution is 6.30. The molecule has 0 aliphatic heterocycles. The van der Waals surface area contributed by atoms with Gasteiger partial charge in [0.05, 0.1) is 6.54 Å². The summed E-state index contributed by atoms with van der Waals surface area (Å²) in [6, 6.07) is 7.38. The highest BCUT2D eigenvalue weighted by Crippen LogP contribution is 2.16. The second kappa shape index (κ2) is 10.7.